The molecule has 1 N–H and O–H groups in total. The molecule has 4 aromatic rings. The lowest BCUT2D eigenvalue weighted by Crippen LogP contribution is -2.42. The molecule has 190 valence electrons. The number of hydrogen-bond donors (Lipinski definition) is 1. The third kappa shape index (κ3) is 6.16. The second kappa shape index (κ2) is 11.3. The van der Waals surface area contributed by atoms with E-state index in [0.29, 0.717) is 22.0 Å². The van der Waals surface area contributed by atoms with Crippen molar-refractivity contribution in [1.29, 1.82) is 0 Å². The van der Waals surface area contributed by atoms with Gasteiger partial charge >= 0.3 is 0 Å². The van der Waals surface area contributed by atoms with Crippen LogP contribution in [0.2, 0.25) is 5.02 Å². The van der Waals surface area contributed by atoms with E-state index in [1.165, 1.54) is 29.2 Å². The highest BCUT2D eigenvalue weighted by Gasteiger charge is 2.23. The van der Waals surface area contributed by atoms with E-state index in [1.807, 2.05) is 56.4 Å². The Kier molecular flexibility index (Phi) is 7.89. The quantitative estimate of drug-likeness (QED) is 0.317. The number of rotatable bonds is 8. The van der Waals surface area contributed by atoms with Gasteiger partial charge in [0.15, 0.2) is 0 Å². The maximum atomic E-state index is 13.3. The summed E-state index contributed by atoms with van der Waals surface area (Å²) in [5, 5.41) is 3.44. The van der Waals surface area contributed by atoms with Crippen molar-refractivity contribution in [3.8, 4) is 22.7 Å². The summed E-state index contributed by atoms with van der Waals surface area (Å²) < 4.78 is 20.3. The van der Waals surface area contributed by atoms with E-state index in [9.17, 15) is 14.0 Å². The summed E-state index contributed by atoms with van der Waals surface area (Å²) >= 11 is 6.04. The molecular weight excluding hydrogens is 495 g/mol. The maximum absolute atomic E-state index is 13.3. The van der Waals surface area contributed by atoms with Crippen LogP contribution in [0.3, 0.4) is 0 Å². The van der Waals surface area contributed by atoms with Crippen LogP contribution < -0.4 is 10.1 Å². The molecule has 0 radical (unpaired) electrons. The number of nitrogens with zero attached hydrogens (tertiary/aromatic N) is 3. The van der Waals surface area contributed by atoms with Crippen LogP contribution in [0.5, 0.6) is 5.75 Å². The lowest BCUT2D eigenvalue weighted by molar-refractivity contribution is -0.117. The molecule has 1 heterocycles. The molecule has 7 nitrogen and oxygen atoms in total. The maximum Gasteiger partial charge on any atom is 0.254 e. The van der Waals surface area contributed by atoms with E-state index in [0.717, 1.165) is 11.3 Å². The second-order valence-corrected chi connectivity index (χ2v) is 9.04. The Labute approximate surface area is 219 Å². The van der Waals surface area contributed by atoms with Crippen LogP contribution in [-0.4, -0.2) is 46.0 Å². The van der Waals surface area contributed by atoms with Crippen molar-refractivity contribution in [2.75, 3.05) is 19.0 Å². The van der Waals surface area contributed by atoms with E-state index in [2.05, 4.69) is 10.3 Å². The number of aromatic nitrogens is 2. The summed E-state index contributed by atoms with van der Waals surface area (Å²) in [6, 6.07) is 19.5. The van der Waals surface area contributed by atoms with Gasteiger partial charge < -0.3 is 9.64 Å². The number of carbonyl (C=O) groups is 2. The van der Waals surface area contributed by atoms with E-state index in [4.69, 9.17) is 16.3 Å². The standard InChI is InChI=1S/C28H26ClFN4O3/c1-18(2)33(27(36)20-6-10-22(30)11-7-20)17-26(35)32-28-31-25(19-4-8-21(29)9-5-19)16-34(28)23-12-14-24(37-3)15-13-23/h4-16,18H,17H2,1-3H3,(H,31,32,35). The molecule has 2 amide bonds. The zero-order chi connectivity index (χ0) is 26.5. The van der Waals surface area contributed by atoms with Gasteiger partial charge in [0.25, 0.3) is 5.91 Å². The number of carbonyl (C=O) groups excluding carboxylic acids is 2. The van der Waals surface area contributed by atoms with Crippen LogP contribution in [0.1, 0.15) is 24.2 Å². The van der Waals surface area contributed by atoms with Crippen LogP contribution in [0.15, 0.2) is 79.0 Å². The molecule has 37 heavy (non-hydrogen) atoms. The number of halogens is 2. The van der Waals surface area contributed by atoms with Gasteiger partial charge in [-0.25, -0.2) is 9.37 Å². The number of imidazole rings is 1. The molecule has 0 unspecified atom stereocenters. The summed E-state index contributed by atoms with van der Waals surface area (Å²) in [4.78, 5) is 32.2. The first-order valence-corrected chi connectivity index (χ1v) is 12.0. The molecule has 0 fully saturated rings. The zero-order valence-corrected chi connectivity index (χ0v) is 21.4. The number of anilines is 1. The van der Waals surface area contributed by atoms with Crippen molar-refractivity contribution in [3.63, 3.8) is 0 Å². The van der Waals surface area contributed by atoms with Crippen molar-refractivity contribution in [2.24, 2.45) is 0 Å². The predicted molar refractivity (Wildman–Crippen MR) is 142 cm³/mol. The van der Waals surface area contributed by atoms with Crippen molar-refractivity contribution in [3.05, 3.63) is 95.4 Å². The largest absolute Gasteiger partial charge is 0.497 e. The van der Waals surface area contributed by atoms with Gasteiger partial charge in [0.05, 0.1) is 12.8 Å². The molecule has 0 aliphatic rings. The number of hydrogen-bond acceptors (Lipinski definition) is 4. The highest BCUT2D eigenvalue weighted by atomic mass is 35.5. The van der Waals surface area contributed by atoms with Crippen LogP contribution in [0.25, 0.3) is 16.9 Å². The molecule has 0 spiro atoms. The van der Waals surface area contributed by atoms with E-state index < -0.39 is 11.7 Å². The first kappa shape index (κ1) is 25.9. The number of nitrogens with one attached hydrogen (secondary N) is 1. The first-order valence-electron chi connectivity index (χ1n) is 11.6. The minimum atomic E-state index is -0.438. The number of amides is 2. The zero-order valence-electron chi connectivity index (χ0n) is 20.6. The fraction of sp³-hybridized carbons (Fsp3) is 0.179. The van der Waals surface area contributed by atoms with E-state index in [1.54, 1.807) is 23.8 Å². The fourth-order valence-electron chi connectivity index (χ4n) is 3.73. The average Bonchev–Trinajstić information content (AvgIpc) is 3.31. The van der Waals surface area contributed by atoms with Crippen LogP contribution in [-0.2, 0) is 4.79 Å². The van der Waals surface area contributed by atoms with Crippen LogP contribution in [0.4, 0.5) is 10.3 Å². The van der Waals surface area contributed by atoms with Crippen molar-refractivity contribution in [2.45, 2.75) is 19.9 Å². The molecule has 4 rings (SSSR count). The molecule has 1 aromatic heterocycles. The minimum absolute atomic E-state index is 0.209. The first-order chi connectivity index (χ1) is 17.7. The number of methoxy groups -OCH3 is 1. The Hall–Kier alpha value is -4.17. The average molecular weight is 521 g/mol. The lowest BCUT2D eigenvalue weighted by atomic mass is 10.1. The highest BCUT2D eigenvalue weighted by Crippen LogP contribution is 2.26. The van der Waals surface area contributed by atoms with Gasteiger partial charge in [0.2, 0.25) is 11.9 Å². The van der Waals surface area contributed by atoms with Gasteiger partial charge in [0.1, 0.15) is 18.1 Å². The van der Waals surface area contributed by atoms with Gasteiger partial charge in [-0.2, -0.15) is 0 Å². The normalized spacial score (nSPS) is 10.9. The molecule has 0 bridgehead atoms. The van der Waals surface area contributed by atoms with Crippen LogP contribution >= 0.6 is 11.6 Å². The summed E-state index contributed by atoms with van der Waals surface area (Å²) in [7, 11) is 1.59. The van der Waals surface area contributed by atoms with E-state index >= 15 is 0 Å². The SMILES string of the molecule is COc1ccc(-n2cc(-c3ccc(Cl)cc3)nc2NC(=O)CN(C(=O)c2ccc(F)cc2)C(C)C)cc1. The van der Waals surface area contributed by atoms with Crippen LogP contribution in [0, 0.1) is 5.82 Å². The van der Waals surface area contributed by atoms with Gasteiger partial charge in [-0.05, 0) is 74.5 Å². The van der Waals surface area contributed by atoms with Gasteiger partial charge in [-0.3, -0.25) is 19.5 Å². The summed E-state index contributed by atoms with van der Waals surface area (Å²) in [6.45, 7) is 3.41. The smallest absolute Gasteiger partial charge is 0.254 e. The third-order valence-electron chi connectivity index (χ3n) is 5.74. The molecule has 3 aromatic carbocycles. The number of ether oxygens (including phenoxy) is 1. The monoisotopic (exact) mass is 520 g/mol. The molecular formula is C28H26ClFN4O3. The third-order valence-corrected chi connectivity index (χ3v) is 5.99. The van der Waals surface area contributed by atoms with Gasteiger partial charge in [-0.1, -0.05) is 23.7 Å². The Balaban J connectivity index is 1.62. The Morgan fingerprint density at radius 1 is 1.03 bits per heavy atom. The Morgan fingerprint density at radius 2 is 1.68 bits per heavy atom. The fourth-order valence-corrected chi connectivity index (χ4v) is 3.86. The van der Waals surface area contributed by atoms with E-state index in [-0.39, 0.29) is 24.4 Å². The molecule has 0 aliphatic carbocycles. The lowest BCUT2D eigenvalue weighted by Gasteiger charge is -2.26. The van der Waals surface area contributed by atoms with Crippen molar-refractivity contribution < 1.29 is 18.7 Å². The minimum Gasteiger partial charge on any atom is -0.497 e. The summed E-state index contributed by atoms with van der Waals surface area (Å²) in [5.74, 6) is -0.248. The van der Waals surface area contributed by atoms with Gasteiger partial charge in [0, 0.05) is 34.1 Å². The predicted octanol–water partition coefficient (Wildman–Crippen LogP) is 5.83. The molecule has 0 aliphatic heterocycles. The summed E-state index contributed by atoms with van der Waals surface area (Å²) in [6.07, 6.45) is 1.81. The molecule has 9 heteroatoms. The topological polar surface area (TPSA) is 76.5 Å². The highest BCUT2D eigenvalue weighted by molar-refractivity contribution is 6.30. The summed E-state index contributed by atoms with van der Waals surface area (Å²) in [5.41, 5.74) is 2.51. The molecule has 0 saturated heterocycles. The van der Waals surface area contributed by atoms with Gasteiger partial charge in [-0.15, -0.1) is 0 Å². The molecule has 0 saturated carbocycles. The second-order valence-electron chi connectivity index (χ2n) is 8.61. The molecule has 0 atom stereocenters. The van der Waals surface area contributed by atoms with Crippen molar-refractivity contribution in [1.82, 2.24) is 14.5 Å². The number of benzene rings is 3. The Bertz CT molecular complexity index is 1380. The van der Waals surface area contributed by atoms with Crippen molar-refractivity contribution >= 4 is 29.4 Å². The Morgan fingerprint density at radius 3 is 2.27 bits per heavy atom.